The van der Waals surface area contributed by atoms with Crippen molar-refractivity contribution in [2.45, 2.75) is 33.3 Å². The highest BCUT2D eigenvalue weighted by Crippen LogP contribution is 2.15. The summed E-state index contributed by atoms with van der Waals surface area (Å²) < 4.78 is 0. The Bertz CT molecular complexity index is 292. The van der Waals surface area contributed by atoms with Crippen LogP contribution in [-0.4, -0.2) is 18.2 Å². The van der Waals surface area contributed by atoms with E-state index in [1.807, 2.05) is 19.1 Å². The molecule has 1 rings (SSSR count). The summed E-state index contributed by atoms with van der Waals surface area (Å²) in [7, 11) is 0. The van der Waals surface area contributed by atoms with Crippen LogP contribution in [0.25, 0.3) is 0 Å². The summed E-state index contributed by atoms with van der Waals surface area (Å²) >= 11 is 0. The number of benzene rings is 1. The van der Waals surface area contributed by atoms with Crippen LogP contribution in [0, 0.1) is 5.92 Å². The summed E-state index contributed by atoms with van der Waals surface area (Å²) in [5.41, 5.74) is 2.34. The van der Waals surface area contributed by atoms with Gasteiger partial charge in [-0.25, -0.2) is 0 Å². The molecule has 0 radical (unpaired) electrons. The molecule has 1 unspecified atom stereocenters. The van der Waals surface area contributed by atoms with Crippen LogP contribution in [0.2, 0.25) is 0 Å². The largest absolute Gasteiger partial charge is 0.387 e. The number of aliphatic hydroxyl groups is 1. The van der Waals surface area contributed by atoms with Gasteiger partial charge in [0.05, 0.1) is 6.10 Å². The molecule has 0 aromatic heterocycles. The van der Waals surface area contributed by atoms with Gasteiger partial charge in [0.2, 0.25) is 0 Å². The predicted molar refractivity (Wildman–Crippen MR) is 68.5 cm³/mol. The van der Waals surface area contributed by atoms with Gasteiger partial charge in [-0.3, -0.25) is 0 Å². The second-order valence-corrected chi connectivity index (χ2v) is 4.66. The van der Waals surface area contributed by atoms with Gasteiger partial charge in [0.1, 0.15) is 0 Å². The SMILES string of the molecule is CCNCC(O)c1ccc(CC(C)C)cc1. The van der Waals surface area contributed by atoms with Crippen molar-refractivity contribution in [3.8, 4) is 0 Å². The molecular formula is C14H23NO. The third-order valence-corrected chi connectivity index (χ3v) is 2.60. The minimum Gasteiger partial charge on any atom is -0.387 e. The Balaban J connectivity index is 2.56. The molecule has 0 saturated carbocycles. The summed E-state index contributed by atoms with van der Waals surface area (Å²) in [6.07, 6.45) is 0.705. The molecule has 16 heavy (non-hydrogen) atoms. The van der Waals surface area contributed by atoms with Crippen molar-refractivity contribution in [1.82, 2.24) is 5.32 Å². The molecule has 1 aromatic rings. The average molecular weight is 221 g/mol. The fourth-order valence-corrected chi connectivity index (χ4v) is 1.75. The van der Waals surface area contributed by atoms with Crippen LogP contribution >= 0.6 is 0 Å². The van der Waals surface area contributed by atoms with Gasteiger partial charge in [0.25, 0.3) is 0 Å². The first-order chi connectivity index (χ1) is 7.63. The van der Waals surface area contributed by atoms with Crippen molar-refractivity contribution in [2.75, 3.05) is 13.1 Å². The van der Waals surface area contributed by atoms with E-state index in [1.165, 1.54) is 5.56 Å². The maximum absolute atomic E-state index is 9.86. The normalized spacial score (nSPS) is 13.1. The zero-order valence-electron chi connectivity index (χ0n) is 10.5. The van der Waals surface area contributed by atoms with E-state index in [-0.39, 0.29) is 0 Å². The monoisotopic (exact) mass is 221 g/mol. The predicted octanol–water partition coefficient (Wildman–Crippen LogP) is 2.53. The van der Waals surface area contributed by atoms with Crippen LogP contribution in [-0.2, 0) is 6.42 Å². The molecule has 0 heterocycles. The number of likely N-dealkylation sites (N-methyl/N-ethyl adjacent to an activating group) is 1. The highest BCUT2D eigenvalue weighted by atomic mass is 16.3. The molecule has 0 aliphatic heterocycles. The Kier molecular flexibility index (Phi) is 5.50. The Hall–Kier alpha value is -0.860. The van der Waals surface area contributed by atoms with Gasteiger partial charge in [0, 0.05) is 6.54 Å². The molecule has 0 aliphatic rings. The van der Waals surface area contributed by atoms with Crippen molar-refractivity contribution in [2.24, 2.45) is 5.92 Å². The van der Waals surface area contributed by atoms with Gasteiger partial charge in [0.15, 0.2) is 0 Å². The second kappa shape index (κ2) is 6.66. The first-order valence-electron chi connectivity index (χ1n) is 6.11. The summed E-state index contributed by atoms with van der Waals surface area (Å²) in [4.78, 5) is 0. The minimum atomic E-state index is -0.395. The van der Waals surface area contributed by atoms with Crippen LogP contribution in [0.5, 0.6) is 0 Å². The fraction of sp³-hybridized carbons (Fsp3) is 0.571. The second-order valence-electron chi connectivity index (χ2n) is 4.66. The Morgan fingerprint density at radius 1 is 1.19 bits per heavy atom. The van der Waals surface area contributed by atoms with Crippen LogP contribution < -0.4 is 5.32 Å². The van der Waals surface area contributed by atoms with Gasteiger partial charge in [-0.05, 0) is 30.0 Å². The summed E-state index contributed by atoms with van der Waals surface area (Å²) in [6, 6.07) is 8.29. The fourth-order valence-electron chi connectivity index (χ4n) is 1.75. The third kappa shape index (κ3) is 4.33. The summed E-state index contributed by atoms with van der Waals surface area (Å²) in [5, 5.41) is 13.0. The van der Waals surface area contributed by atoms with Crippen molar-refractivity contribution >= 4 is 0 Å². The number of hydrogen-bond donors (Lipinski definition) is 2. The van der Waals surface area contributed by atoms with Gasteiger partial charge in [-0.1, -0.05) is 45.0 Å². The molecule has 0 aliphatic carbocycles. The highest BCUT2D eigenvalue weighted by molar-refractivity contribution is 5.24. The lowest BCUT2D eigenvalue weighted by Gasteiger charge is -2.12. The van der Waals surface area contributed by atoms with E-state index in [4.69, 9.17) is 0 Å². The van der Waals surface area contributed by atoms with E-state index < -0.39 is 6.10 Å². The molecule has 2 heteroatoms. The van der Waals surface area contributed by atoms with E-state index in [0.717, 1.165) is 18.5 Å². The van der Waals surface area contributed by atoms with Gasteiger partial charge < -0.3 is 10.4 Å². The van der Waals surface area contributed by atoms with Crippen molar-refractivity contribution < 1.29 is 5.11 Å². The van der Waals surface area contributed by atoms with Gasteiger partial charge >= 0.3 is 0 Å². The van der Waals surface area contributed by atoms with Crippen molar-refractivity contribution in [3.63, 3.8) is 0 Å². The first-order valence-corrected chi connectivity index (χ1v) is 6.11. The zero-order valence-corrected chi connectivity index (χ0v) is 10.5. The summed E-state index contributed by atoms with van der Waals surface area (Å²) in [6.45, 7) is 7.99. The number of nitrogens with one attached hydrogen (secondary N) is 1. The molecule has 2 nitrogen and oxygen atoms in total. The third-order valence-electron chi connectivity index (χ3n) is 2.60. The van der Waals surface area contributed by atoms with Crippen molar-refractivity contribution in [3.05, 3.63) is 35.4 Å². The van der Waals surface area contributed by atoms with Gasteiger partial charge in [-0.15, -0.1) is 0 Å². The van der Waals surface area contributed by atoms with Crippen LogP contribution in [0.4, 0.5) is 0 Å². The highest BCUT2D eigenvalue weighted by Gasteiger charge is 2.06. The molecule has 0 amide bonds. The maximum Gasteiger partial charge on any atom is 0.0914 e. The first kappa shape index (κ1) is 13.2. The van der Waals surface area contributed by atoms with E-state index in [1.54, 1.807) is 0 Å². The topological polar surface area (TPSA) is 32.3 Å². The number of rotatable bonds is 6. The Labute approximate surface area is 98.7 Å². The number of hydrogen-bond acceptors (Lipinski definition) is 2. The molecule has 1 atom stereocenters. The van der Waals surface area contributed by atoms with E-state index >= 15 is 0 Å². The Morgan fingerprint density at radius 2 is 1.81 bits per heavy atom. The van der Waals surface area contributed by atoms with E-state index in [9.17, 15) is 5.11 Å². The standard InChI is InChI=1S/C14H23NO/c1-4-15-10-14(16)13-7-5-12(6-8-13)9-11(2)3/h5-8,11,14-16H,4,9-10H2,1-3H3. The Morgan fingerprint density at radius 3 is 2.31 bits per heavy atom. The lowest BCUT2D eigenvalue weighted by molar-refractivity contribution is 0.175. The maximum atomic E-state index is 9.86. The average Bonchev–Trinajstić information content (AvgIpc) is 2.26. The molecule has 0 fully saturated rings. The minimum absolute atomic E-state index is 0.395. The summed E-state index contributed by atoms with van der Waals surface area (Å²) in [5.74, 6) is 0.678. The van der Waals surface area contributed by atoms with E-state index in [2.05, 4.69) is 31.3 Å². The smallest absolute Gasteiger partial charge is 0.0914 e. The molecular weight excluding hydrogens is 198 g/mol. The van der Waals surface area contributed by atoms with Crippen LogP contribution in [0.3, 0.4) is 0 Å². The van der Waals surface area contributed by atoms with Crippen LogP contribution in [0.15, 0.2) is 24.3 Å². The number of aliphatic hydroxyl groups excluding tert-OH is 1. The lowest BCUT2D eigenvalue weighted by atomic mass is 10.0. The lowest BCUT2D eigenvalue weighted by Crippen LogP contribution is -2.20. The molecule has 2 N–H and O–H groups in total. The van der Waals surface area contributed by atoms with Crippen LogP contribution in [0.1, 0.15) is 38.0 Å². The molecule has 0 spiro atoms. The van der Waals surface area contributed by atoms with E-state index in [0.29, 0.717) is 12.5 Å². The zero-order chi connectivity index (χ0) is 12.0. The molecule has 1 aromatic carbocycles. The molecule has 0 saturated heterocycles. The molecule has 90 valence electrons. The molecule has 0 bridgehead atoms. The quantitative estimate of drug-likeness (QED) is 0.773. The van der Waals surface area contributed by atoms with Crippen molar-refractivity contribution in [1.29, 1.82) is 0 Å². The van der Waals surface area contributed by atoms with Gasteiger partial charge in [-0.2, -0.15) is 0 Å².